The number of H-pyrrole nitrogens is 1. The molecule has 0 unspecified atom stereocenters. The van der Waals surface area contributed by atoms with Crippen molar-refractivity contribution in [3.05, 3.63) is 58.5 Å². The highest BCUT2D eigenvalue weighted by molar-refractivity contribution is 6.07. The number of pyridine rings is 1. The highest BCUT2D eigenvalue weighted by atomic mass is 19.4. The Balaban J connectivity index is 0.000000678. The van der Waals surface area contributed by atoms with Crippen LogP contribution in [0.25, 0.3) is 11.3 Å². The number of phenols is 1. The number of anilines is 1. The molecule has 0 saturated carbocycles. The second-order valence-corrected chi connectivity index (χ2v) is 7.13. The summed E-state index contributed by atoms with van der Waals surface area (Å²) in [6, 6.07) is 3.45. The van der Waals surface area contributed by atoms with Crippen LogP contribution in [0, 0.1) is 18.6 Å². The molecule has 0 saturated heterocycles. The fraction of sp³-hybridized carbons (Fsp3) is 0.286. The van der Waals surface area contributed by atoms with Crippen LogP contribution < -0.4 is 5.32 Å². The van der Waals surface area contributed by atoms with E-state index in [2.05, 4.69) is 15.2 Å². The van der Waals surface area contributed by atoms with Gasteiger partial charge in [0.05, 0.1) is 29.2 Å². The Morgan fingerprint density at radius 1 is 1.08 bits per heavy atom. The van der Waals surface area contributed by atoms with Crippen LogP contribution >= 0.6 is 0 Å². The van der Waals surface area contributed by atoms with E-state index in [9.17, 15) is 45.0 Å². The summed E-state index contributed by atoms with van der Waals surface area (Å²) in [6.07, 6.45) is -9.55. The summed E-state index contributed by atoms with van der Waals surface area (Å²) < 4.78 is 99.3. The van der Waals surface area contributed by atoms with Crippen molar-refractivity contribution in [1.82, 2.24) is 15.2 Å². The molecular weight excluding hydrogens is 508 g/mol. The minimum absolute atomic E-state index is 0.0979. The van der Waals surface area contributed by atoms with Gasteiger partial charge in [-0.05, 0) is 31.2 Å². The molecule has 0 aliphatic carbocycles. The molecule has 3 rings (SSSR count). The molecule has 0 atom stereocenters. The molecule has 2 aromatic heterocycles. The maximum atomic E-state index is 14.6. The normalized spacial score (nSPS) is 11.6. The highest BCUT2D eigenvalue weighted by Gasteiger charge is 2.38. The predicted molar refractivity (Wildman–Crippen MR) is 110 cm³/mol. The van der Waals surface area contributed by atoms with Crippen LogP contribution in [-0.2, 0) is 12.8 Å². The monoisotopic (exact) mass is 526 g/mol. The quantitative estimate of drug-likeness (QED) is 0.336. The minimum atomic E-state index is -4.86. The van der Waals surface area contributed by atoms with Crippen molar-refractivity contribution >= 4 is 11.6 Å². The Hall–Kier alpha value is -3.75. The third-order valence-electron chi connectivity index (χ3n) is 4.53. The molecule has 3 aromatic rings. The van der Waals surface area contributed by atoms with E-state index in [1.807, 2.05) is 5.32 Å². The van der Waals surface area contributed by atoms with E-state index in [4.69, 9.17) is 5.11 Å². The van der Waals surface area contributed by atoms with Gasteiger partial charge in [-0.1, -0.05) is 6.92 Å². The smallest absolute Gasteiger partial charge is 0.437 e. The van der Waals surface area contributed by atoms with Crippen molar-refractivity contribution in [2.45, 2.75) is 39.2 Å². The number of nitrogens with one attached hydrogen (secondary N) is 2. The molecule has 36 heavy (non-hydrogen) atoms. The summed E-state index contributed by atoms with van der Waals surface area (Å²) >= 11 is 0. The van der Waals surface area contributed by atoms with Gasteiger partial charge in [0.15, 0.2) is 5.69 Å². The van der Waals surface area contributed by atoms with Crippen molar-refractivity contribution in [3.63, 3.8) is 0 Å². The fourth-order valence-corrected chi connectivity index (χ4v) is 2.65. The van der Waals surface area contributed by atoms with E-state index < -0.39 is 65.6 Å². The number of benzene rings is 1. The summed E-state index contributed by atoms with van der Waals surface area (Å²) in [5.74, 6) is -3.84. The first-order valence-electron chi connectivity index (χ1n) is 9.88. The van der Waals surface area contributed by atoms with Crippen molar-refractivity contribution in [2.24, 2.45) is 0 Å². The molecule has 2 heterocycles. The molecule has 4 N–H and O–H groups in total. The average molecular weight is 526 g/mol. The van der Waals surface area contributed by atoms with E-state index >= 15 is 0 Å². The number of aryl methyl sites for hydroxylation is 1. The lowest BCUT2D eigenvalue weighted by Crippen LogP contribution is -2.17. The van der Waals surface area contributed by atoms with Gasteiger partial charge >= 0.3 is 12.4 Å². The number of aromatic nitrogens is 3. The zero-order valence-electron chi connectivity index (χ0n) is 18.4. The molecule has 0 aliphatic heterocycles. The van der Waals surface area contributed by atoms with Crippen LogP contribution in [0.5, 0.6) is 5.75 Å². The largest absolute Gasteiger partial charge is 0.507 e. The third-order valence-corrected chi connectivity index (χ3v) is 4.53. The number of nitrogens with zero attached hydrogens (tertiary/aromatic N) is 2. The Morgan fingerprint density at radius 3 is 2.22 bits per heavy atom. The third kappa shape index (κ3) is 6.90. The Bertz CT molecular complexity index is 1240. The maximum Gasteiger partial charge on any atom is 0.437 e. The molecule has 0 radical (unpaired) electrons. The molecule has 0 fully saturated rings. The number of aromatic amines is 1. The van der Waals surface area contributed by atoms with Crippen LogP contribution in [-0.4, -0.2) is 37.5 Å². The molecule has 1 aromatic carbocycles. The number of carbonyl (C=O) groups is 1. The lowest BCUT2D eigenvalue weighted by Gasteiger charge is -2.12. The number of rotatable bonds is 4. The first kappa shape index (κ1) is 28.5. The van der Waals surface area contributed by atoms with Crippen LogP contribution in [0.4, 0.5) is 40.8 Å². The van der Waals surface area contributed by atoms with Crippen LogP contribution in [0.1, 0.15) is 40.8 Å². The van der Waals surface area contributed by atoms with Gasteiger partial charge in [0.25, 0.3) is 5.91 Å². The second-order valence-electron chi connectivity index (χ2n) is 7.13. The summed E-state index contributed by atoms with van der Waals surface area (Å²) in [6.45, 7) is 1.57. The van der Waals surface area contributed by atoms with Gasteiger partial charge in [0.2, 0.25) is 0 Å². The average Bonchev–Trinajstić information content (AvgIpc) is 3.16. The number of aliphatic hydroxyl groups excluding tert-OH is 1. The number of carbonyl (C=O) groups excluding carboxylic acids is 1. The van der Waals surface area contributed by atoms with Gasteiger partial charge in [-0.3, -0.25) is 9.89 Å². The highest BCUT2D eigenvalue weighted by Crippen LogP contribution is 2.36. The van der Waals surface area contributed by atoms with Crippen molar-refractivity contribution in [1.29, 1.82) is 0 Å². The number of hydrogen-bond donors (Lipinski definition) is 4. The van der Waals surface area contributed by atoms with Crippen molar-refractivity contribution in [2.75, 3.05) is 5.32 Å². The molecule has 0 aliphatic rings. The lowest BCUT2D eigenvalue weighted by atomic mass is 10.0. The van der Waals surface area contributed by atoms with E-state index in [1.54, 1.807) is 0 Å². The summed E-state index contributed by atoms with van der Waals surface area (Å²) in [4.78, 5) is 16.1. The van der Waals surface area contributed by atoms with Crippen LogP contribution in [0.2, 0.25) is 0 Å². The summed E-state index contributed by atoms with van der Waals surface area (Å²) in [5, 5.41) is 26.3. The number of aliphatic hydroxyl groups is 1. The topological polar surface area (TPSA) is 111 Å². The van der Waals surface area contributed by atoms with Gasteiger partial charge in [-0.2, -0.15) is 31.4 Å². The molecule has 196 valence electrons. The zero-order valence-corrected chi connectivity index (χ0v) is 18.4. The van der Waals surface area contributed by atoms with Gasteiger partial charge in [0.1, 0.15) is 23.1 Å². The molecule has 1 amide bonds. The number of halogens is 8. The van der Waals surface area contributed by atoms with Gasteiger partial charge < -0.3 is 15.5 Å². The first-order chi connectivity index (χ1) is 16.6. The van der Waals surface area contributed by atoms with E-state index in [-0.39, 0.29) is 22.6 Å². The summed E-state index contributed by atoms with van der Waals surface area (Å²) in [7, 11) is 0. The van der Waals surface area contributed by atoms with Crippen LogP contribution in [0.3, 0.4) is 0 Å². The Labute approximate surface area is 197 Å². The van der Waals surface area contributed by atoms with Crippen LogP contribution in [0.15, 0.2) is 24.3 Å². The molecule has 15 heteroatoms. The van der Waals surface area contributed by atoms with Gasteiger partial charge in [-0.25, -0.2) is 13.8 Å². The molecular formula is C21H18F8N4O3. The van der Waals surface area contributed by atoms with Crippen molar-refractivity contribution in [3.8, 4) is 17.0 Å². The maximum absolute atomic E-state index is 14.6. The SMILES string of the molecule is CCC(F)(F)F.Cc1[nH]nc(C(F)(F)F)c1NC(=O)c1cc(F)c(-c2ccc(F)c(CO)n2)cc1O. The molecule has 7 nitrogen and oxygen atoms in total. The van der Waals surface area contributed by atoms with Crippen molar-refractivity contribution < 1.29 is 50.1 Å². The van der Waals surface area contributed by atoms with E-state index in [0.717, 1.165) is 25.1 Å². The minimum Gasteiger partial charge on any atom is -0.507 e. The number of phenolic OH excluding ortho intramolecular Hbond substituents is 1. The van der Waals surface area contributed by atoms with Gasteiger partial charge in [0, 0.05) is 12.0 Å². The van der Waals surface area contributed by atoms with E-state index in [1.165, 1.54) is 6.92 Å². The number of amides is 1. The fourth-order valence-electron chi connectivity index (χ4n) is 2.65. The number of alkyl halides is 6. The summed E-state index contributed by atoms with van der Waals surface area (Å²) in [5.41, 5.74) is -3.59. The predicted octanol–water partition coefficient (Wildman–Crippen LogP) is 5.49. The Kier molecular flexibility index (Phi) is 8.62. The molecule has 0 bridgehead atoms. The first-order valence-corrected chi connectivity index (χ1v) is 9.88. The lowest BCUT2D eigenvalue weighted by molar-refractivity contribution is -0.140. The zero-order chi connectivity index (χ0) is 27.4. The number of aromatic hydroxyl groups is 1. The Morgan fingerprint density at radius 2 is 1.69 bits per heavy atom. The van der Waals surface area contributed by atoms with Gasteiger partial charge in [-0.15, -0.1) is 0 Å². The number of hydrogen-bond acceptors (Lipinski definition) is 5. The van der Waals surface area contributed by atoms with E-state index in [0.29, 0.717) is 6.07 Å². The second kappa shape index (κ2) is 10.9. The molecule has 0 spiro atoms. The standard InChI is InChI=1S/C18H13F5N4O3.C3H5F3/c1-7-15(16(27-26-7)18(21,22)23)25-17(30)9-4-11(20)8(5-14(9)29)12-3-2-10(19)13(6-28)24-12;1-2-3(4,5)6/h2-5,28-29H,6H2,1H3,(H,25,30)(H,26,27);2H2,1H3.